The fraction of sp³-hybridized carbons (Fsp3) is 0.0625. The number of nitrogens with zero attached hydrogens (tertiary/aromatic N) is 1. The van der Waals surface area contributed by atoms with Gasteiger partial charge in [-0.2, -0.15) is 5.10 Å². The molecule has 0 aliphatic heterocycles. The van der Waals surface area contributed by atoms with Gasteiger partial charge in [-0.3, -0.25) is 10.1 Å². The van der Waals surface area contributed by atoms with E-state index < -0.39 is 6.09 Å². The average Bonchev–Trinajstić information content (AvgIpc) is 2.55. The van der Waals surface area contributed by atoms with E-state index in [0.29, 0.717) is 33.5 Å². The highest BCUT2D eigenvalue weighted by molar-refractivity contribution is 5.94. The predicted molar refractivity (Wildman–Crippen MR) is 86.0 cm³/mol. The molecule has 0 saturated heterocycles. The third-order valence-electron chi connectivity index (χ3n) is 3.41. The van der Waals surface area contributed by atoms with Gasteiger partial charge in [-0.05, 0) is 18.2 Å². The van der Waals surface area contributed by atoms with Crippen molar-refractivity contribution in [3.8, 4) is 17.0 Å². The van der Waals surface area contributed by atoms with E-state index in [2.05, 4.69) is 15.5 Å². The van der Waals surface area contributed by atoms with Crippen LogP contribution in [0.2, 0.25) is 0 Å². The van der Waals surface area contributed by atoms with Gasteiger partial charge in [-0.15, -0.1) is 0 Å². The second-order valence-corrected chi connectivity index (χ2v) is 4.79. The molecule has 2 aromatic carbocycles. The number of anilines is 1. The Morgan fingerprint density at radius 2 is 1.96 bits per heavy atom. The maximum absolute atomic E-state index is 11.8. The lowest BCUT2D eigenvalue weighted by Gasteiger charge is -2.11. The lowest BCUT2D eigenvalue weighted by Crippen LogP contribution is -2.10. The van der Waals surface area contributed by atoms with E-state index in [0.717, 1.165) is 0 Å². The molecule has 0 bridgehead atoms. The van der Waals surface area contributed by atoms with Gasteiger partial charge in [0, 0.05) is 10.9 Å². The molecule has 23 heavy (non-hydrogen) atoms. The number of carboxylic acid groups (broad SMARTS) is 1. The summed E-state index contributed by atoms with van der Waals surface area (Å²) in [6, 6.07) is 12.1. The SMILES string of the molecule is COc1cc(-c2n[nH]c(=O)c3ccccc23)ccc1NC(=O)O. The number of H-pyrrole nitrogens is 1. The van der Waals surface area contributed by atoms with Gasteiger partial charge in [0.15, 0.2) is 0 Å². The van der Waals surface area contributed by atoms with Crippen LogP contribution in [-0.4, -0.2) is 28.5 Å². The monoisotopic (exact) mass is 311 g/mol. The van der Waals surface area contributed by atoms with Crippen molar-refractivity contribution < 1.29 is 14.6 Å². The molecule has 0 radical (unpaired) electrons. The van der Waals surface area contributed by atoms with Crippen molar-refractivity contribution in [2.45, 2.75) is 0 Å². The van der Waals surface area contributed by atoms with E-state index in [4.69, 9.17) is 9.84 Å². The summed E-state index contributed by atoms with van der Waals surface area (Å²) in [7, 11) is 1.45. The maximum atomic E-state index is 11.8. The highest BCUT2D eigenvalue weighted by Gasteiger charge is 2.12. The van der Waals surface area contributed by atoms with Gasteiger partial charge >= 0.3 is 6.09 Å². The summed E-state index contributed by atoms with van der Waals surface area (Å²) < 4.78 is 5.22. The Morgan fingerprint density at radius 1 is 1.22 bits per heavy atom. The lowest BCUT2D eigenvalue weighted by atomic mass is 10.0. The highest BCUT2D eigenvalue weighted by Crippen LogP contribution is 2.32. The van der Waals surface area contributed by atoms with Crippen LogP contribution in [0.25, 0.3) is 22.0 Å². The number of aromatic nitrogens is 2. The predicted octanol–water partition coefficient (Wildman–Crippen LogP) is 2.69. The van der Waals surface area contributed by atoms with Crippen LogP contribution in [0.1, 0.15) is 0 Å². The van der Waals surface area contributed by atoms with Crippen LogP contribution in [0.5, 0.6) is 5.75 Å². The second kappa shape index (κ2) is 5.80. The lowest BCUT2D eigenvalue weighted by molar-refractivity contribution is 0.209. The van der Waals surface area contributed by atoms with Crippen LogP contribution in [0, 0.1) is 0 Å². The summed E-state index contributed by atoms with van der Waals surface area (Å²) in [5.74, 6) is 0.363. The molecular weight excluding hydrogens is 298 g/mol. The molecule has 0 fully saturated rings. The summed E-state index contributed by atoms with van der Waals surface area (Å²) in [6.07, 6.45) is -1.18. The molecule has 7 heteroatoms. The first-order valence-electron chi connectivity index (χ1n) is 6.76. The van der Waals surface area contributed by atoms with Gasteiger partial charge in [-0.25, -0.2) is 9.89 Å². The van der Waals surface area contributed by atoms with Crippen molar-refractivity contribution in [3.05, 3.63) is 52.8 Å². The number of hydrogen-bond donors (Lipinski definition) is 3. The van der Waals surface area contributed by atoms with Gasteiger partial charge in [0.1, 0.15) is 5.75 Å². The zero-order valence-corrected chi connectivity index (χ0v) is 12.2. The standard InChI is InChI=1S/C16H13N3O4/c1-23-13-8-9(6-7-12(13)17-16(21)22)14-10-4-2-3-5-11(10)15(20)19-18-14/h2-8,17H,1H3,(H,19,20)(H,21,22). The maximum Gasteiger partial charge on any atom is 0.409 e. The Labute approximate surface area is 130 Å². The molecule has 0 spiro atoms. The van der Waals surface area contributed by atoms with Crippen molar-refractivity contribution in [1.82, 2.24) is 10.2 Å². The first-order chi connectivity index (χ1) is 11.1. The molecule has 1 amide bonds. The summed E-state index contributed by atoms with van der Waals surface area (Å²) in [5.41, 5.74) is 1.35. The number of rotatable bonds is 3. The van der Waals surface area contributed by atoms with Crippen LogP contribution in [0.3, 0.4) is 0 Å². The summed E-state index contributed by atoms with van der Waals surface area (Å²) in [4.78, 5) is 22.6. The minimum absolute atomic E-state index is 0.263. The number of fused-ring (bicyclic) bond motifs is 1. The molecule has 1 aromatic heterocycles. The number of benzene rings is 2. The normalized spacial score (nSPS) is 10.5. The van der Waals surface area contributed by atoms with Crippen LogP contribution >= 0.6 is 0 Å². The van der Waals surface area contributed by atoms with E-state index in [1.807, 2.05) is 12.1 Å². The number of amides is 1. The molecule has 0 unspecified atom stereocenters. The summed E-state index contributed by atoms with van der Waals surface area (Å²) >= 11 is 0. The number of ether oxygens (including phenoxy) is 1. The minimum atomic E-state index is -1.18. The second-order valence-electron chi connectivity index (χ2n) is 4.79. The minimum Gasteiger partial charge on any atom is -0.495 e. The highest BCUT2D eigenvalue weighted by atomic mass is 16.5. The van der Waals surface area contributed by atoms with E-state index in [1.54, 1.807) is 30.3 Å². The number of carbonyl (C=O) groups is 1. The number of methoxy groups -OCH3 is 1. The van der Waals surface area contributed by atoms with Crippen molar-refractivity contribution in [3.63, 3.8) is 0 Å². The molecule has 7 nitrogen and oxygen atoms in total. The number of aromatic amines is 1. The molecule has 0 saturated carbocycles. The van der Waals surface area contributed by atoms with Gasteiger partial charge < -0.3 is 9.84 Å². The third kappa shape index (κ3) is 2.71. The molecule has 3 aromatic rings. The van der Waals surface area contributed by atoms with Gasteiger partial charge in [0.2, 0.25) is 0 Å². The topological polar surface area (TPSA) is 104 Å². The Bertz CT molecular complexity index is 949. The van der Waals surface area contributed by atoms with Gasteiger partial charge in [0.05, 0.1) is 23.9 Å². The van der Waals surface area contributed by atoms with Gasteiger partial charge in [0.25, 0.3) is 5.56 Å². The zero-order chi connectivity index (χ0) is 16.4. The van der Waals surface area contributed by atoms with Crippen molar-refractivity contribution in [1.29, 1.82) is 0 Å². The summed E-state index contributed by atoms with van der Waals surface area (Å²) in [6.45, 7) is 0. The molecule has 1 heterocycles. The molecule has 3 rings (SSSR count). The Morgan fingerprint density at radius 3 is 2.65 bits per heavy atom. The molecule has 0 aliphatic rings. The number of nitrogens with one attached hydrogen (secondary N) is 2. The number of hydrogen-bond acceptors (Lipinski definition) is 4. The van der Waals surface area contributed by atoms with Crippen LogP contribution in [0.4, 0.5) is 10.5 Å². The Kier molecular flexibility index (Phi) is 3.68. The average molecular weight is 311 g/mol. The van der Waals surface area contributed by atoms with Gasteiger partial charge in [-0.1, -0.05) is 24.3 Å². The first-order valence-corrected chi connectivity index (χ1v) is 6.76. The largest absolute Gasteiger partial charge is 0.495 e. The molecule has 0 atom stereocenters. The van der Waals surface area contributed by atoms with E-state index in [-0.39, 0.29) is 5.56 Å². The Hall–Kier alpha value is -3.35. The molecule has 0 aliphatic carbocycles. The van der Waals surface area contributed by atoms with E-state index in [1.165, 1.54) is 7.11 Å². The zero-order valence-electron chi connectivity index (χ0n) is 12.2. The molecular formula is C16H13N3O4. The van der Waals surface area contributed by atoms with Crippen LogP contribution in [-0.2, 0) is 0 Å². The third-order valence-corrected chi connectivity index (χ3v) is 3.41. The smallest absolute Gasteiger partial charge is 0.409 e. The molecule has 116 valence electrons. The van der Waals surface area contributed by atoms with Crippen molar-refractivity contribution in [2.24, 2.45) is 0 Å². The van der Waals surface area contributed by atoms with Crippen LogP contribution < -0.4 is 15.6 Å². The fourth-order valence-corrected chi connectivity index (χ4v) is 2.39. The van der Waals surface area contributed by atoms with E-state index >= 15 is 0 Å². The summed E-state index contributed by atoms with van der Waals surface area (Å²) in [5, 5.41) is 18.9. The first kappa shape index (κ1) is 14.6. The van der Waals surface area contributed by atoms with E-state index in [9.17, 15) is 9.59 Å². The molecule has 3 N–H and O–H groups in total. The van der Waals surface area contributed by atoms with Crippen molar-refractivity contribution >= 4 is 22.6 Å². The fourth-order valence-electron chi connectivity index (χ4n) is 2.39. The quantitative estimate of drug-likeness (QED) is 0.690. The van der Waals surface area contributed by atoms with Crippen molar-refractivity contribution in [2.75, 3.05) is 12.4 Å². The Balaban J connectivity index is 2.18. The van der Waals surface area contributed by atoms with Crippen LogP contribution in [0.15, 0.2) is 47.3 Å².